The highest BCUT2D eigenvalue weighted by Crippen LogP contribution is 2.33. The summed E-state index contributed by atoms with van der Waals surface area (Å²) in [6, 6.07) is 20.8. The maximum atomic E-state index is 12.3. The molecule has 5 unspecified atom stereocenters. The maximum absolute atomic E-state index is 12.3. The van der Waals surface area contributed by atoms with Crippen molar-refractivity contribution in [1.82, 2.24) is 0 Å². The predicted octanol–water partition coefficient (Wildman–Crippen LogP) is 1.22. The number of carbonyl (C=O) groups excluding carboxylic acids is 3. The predicted molar refractivity (Wildman–Crippen MR) is 131 cm³/mol. The van der Waals surface area contributed by atoms with Gasteiger partial charge in [-0.1, -0.05) is 90.4 Å². The first-order valence-electron chi connectivity index (χ1n) is 11.1. The molecule has 1 aliphatic rings. The SMILES string of the molecule is CCC[Si]1(c2ccccc2)C(OC(C)=O)C(OC(C)=O)O[SiH](OC(C)=O)[SiH]1c1ccccc1. The van der Waals surface area contributed by atoms with Gasteiger partial charge in [0.15, 0.2) is 5.73 Å². The molecule has 5 atom stereocenters. The van der Waals surface area contributed by atoms with Crippen LogP contribution in [-0.2, 0) is 32.7 Å². The third-order valence-corrected chi connectivity index (χ3v) is 32.5. The first kappa shape index (κ1) is 25.1. The van der Waals surface area contributed by atoms with Crippen LogP contribution in [0.25, 0.3) is 0 Å². The summed E-state index contributed by atoms with van der Waals surface area (Å²) in [5.41, 5.74) is -0.738. The lowest BCUT2D eigenvalue weighted by Crippen LogP contribution is -2.84. The molecule has 0 spiro atoms. The Bertz CT molecular complexity index is 973. The van der Waals surface area contributed by atoms with Crippen LogP contribution < -0.4 is 10.4 Å². The second-order valence-electron chi connectivity index (χ2n) is 8.17. The molecule has 176 valence electrons. The Labute approximate surface area is 198 Å². The van der Waals surface area contributed by atoms with Crippen LogP contribution in [0.3, 0.4) is 0 Å². The standard InChI is InChI=1S/C23H30O7Si3/c1-5-16-33(21-14-10-7-11-15-21)23(28-18(3)25)22(27-17(2)24)30-32(29-19(4)26)31(33)20-12-8-6-9-13-20/h6-15,22-23,31-32H,5,16H2,1-4H3. The van der Waals surface area contributed by atoms with Gasteiger partial charge in [-0.05, 0) is 0 Å². The highest BCUT2D eigenvalue weighted by Gasteiger charge is 2.65. The molecule has 0 saturated carbocycles. The van der Waals surface area contributed by atoms with Crippen LogP contribution in [0.4, 0.5) is 0 Å². The molecule has 7 nitrogen and oxygen atoms in total. The van der Waals surface area contributed by atoms with E-state index in [1.807, 2.05) is 36.4 Å². The van der Waals surface area contributed by atoms with Crippen molar-refractivity contribution in [2.75, 3.05) is 0 Å². The van der Waals surface area contributed by atoms with E-state index in [1.165, 1.54) is 20.8 Å². The summed E-state index contributed by atoms with van der Waals surface area (Å²) in [5, 5.41) is 2.21. The first-order chi connectivity index (χ1) is 15.8. The van der Waals surface area contributed by atoms with Crippen molar-refractivity contribution in [1.29, 1.82) is 0 Å². The molecule has 0 radical (unpaired) electrons. The van der Waals surface area contributed by atoms with Gasteiger partial charge in [-0.25, -0.2) is 0 Å². The van der Waals surface area contributed by atoms with E-state index in [0.717, 1.165) is 22.8 Å². The molecular formula is C23H30O7Si3. The lowest BCUT2D eigenvalue weighted by Gasteiger charge is -2.51. The fraction of sp³-hybridized carbons (Fsp3) is 0.348. The van der Waals surface area contributed by atoms with Crippen molar-refractivity contribution in [3.05, 3.63) is 60.7 Å². The van der Waals surface area contributed by atoms with Crippen LogP contribution in [-0.4, -0.2) is 54.1 Å². The number of hydrogen-bond acceptors (Lipinski definition) is 7. The van der Waals surface area contributed by atoms with E-state index < -0.39 is 54.1 Å². The average molecular weight is 503 g/mol. The van der Waals surface area contributed by atoms with E-state index in [1.54, 1.807) is 0 Å². The van der Waals surface area contributed by atoms with Crippen LogP contribution in [0.2, 0.25) is 6.04 Å². The number of carbonyl (C=O) groups is 3. The molecule has 0 aromatic heterocycles. The van der Waals surface area contributed by atoms with Gasteiger partial charge in [0.1, 0.15) is 15.4 Å². The van der Waals surface area contributed by atoms with Crippen molar-refractivity contribution >= 4 is 52.5 Å². The van der Waals surface area contributed by atoms with Crippen LogP contribution >= 0.6 is 0 Å². The summed E-state index contributed by atoms with van der Waals surface area (Å²) in [5.74, 6) is -1.42. The Kier molecular flexibility index (Phi) is 8.41. The van der Waals surface area contributed by atoms with Crippen LogP contribution in [0.5, 0.6) is 0 Å². The molecule has 1 fully saturated rings. The van der Waals surface area contributed by atoms with Crippen molar-refractivity contribution in [3.8, 4) is 0 Å². The Morgan fingerprint density at radius 3 is 1.97 bits per heavy atom. The van der Waals surface area contributed by atoms with Gasteiger partial charge >= 0.3 is 20.7 Å². The van der Waals surface area contributed by atoms with Crippen molar-refractivity contribution in [3.63, 3.8) is 0 Å². The zero-order valence-electron chi connectivity index (χ0n) is 19.4. The van der Waals surface area contributed by atoms with Gasteiger partial charge in [0.05, 0.1) is 0 Å². The van der Waals surface area contributed by atoms with Gasteiger partial charge in [0.25, 0.3) is 5.97 Å². The largest absolute Gasteiger partial charge is 0.500 e. The van der Waals surface area contributed by atoms with E-state index in [2.05, 4.69) is 31.2 Å². The van der Waals surface area contributed by atoms with Crippen molar-refractivity contribution < 1.29 is 32.7 Å². The molecule has 1 saturated heterocycles. The summed E-state index contributed by atoms with van der Waals surface area (Å²) < 4.78 is 23.7. The topological polar surface area (TPSA) is 88.1 Å². The quantitative estimate of drug-likeness (QED) is 0.320. The number of ether oxygens (including phenoxy) is 2. The summed E-state index contributed by atoms with van der Waals surface area (Å²) in [6.07, 6.45) is -0.267. The van der Waals surface area contributed by atoms with Crippen LogP contribution in [0, 0.1) is 0 Å². The summed E-state index contributed by atoms with van der Waals surface area (Å²) >= 11 is 0. The molecule has 2 aromatic rings. The lowest BCUT2D eigenvalue weighted by molar-refractivity contribution is -0.183. The Balaban J connectivity index is 2.34. The first-order valence-corrected chi connectivity index (χ1v) is 19.3. The smallest absolute Gasteiger partial charge is 0.363 e. The fourth-order valence-corrected chi connectivity index (χ4v) is 35.9. The Morgan fingerprint density at radius 1 is 0.879 bits per heavy atom. The number of benzene rings is 2. The van der Waals surface area contributed by atoms with E-state index in [4.69, 9.17) is 18.3 Å². The highest BCUT2D eigenvalue weighted by molar-refractivity contribution is 7.62. The highest BCUT2D eigenvalue weighted by atomic mass is 29.6. The average Bonchev–Trinajstić information content (AvgIpc) is 2.76. The molecule has 0 N–H and O–H groups in total. The molecule has 0 aliphatic carbocycles. The number of hydrogen-bond donors (Lipinski definition) is 0. The summed E-state index contributed by atoms with van der Waals surface area (Å²) in [4.78, 5) is 36.5. The minimum Gasteiger partial charge on any atom is -0.500 e. The van der Waals surface area contributed by atoms with Gasteiger partial charge in [0.2, 0.25) is 6.29 Å². The van der Waals surface area contributed by atoms with Gasteiger partial charge in [-0.15, -0.1) is 0 Å². The van der Waals surface area contributed by atoms with Gasteiger partial charge in [-0.3, -0.25) is 14.4 Å². The normalized spacial score (nSPS) is 26.8. The summed E-state index contributed by atoms with van der Waals surface area (Å²) in [7, 11) is -7.68. The number of rotatable bonds is 7. The molecule has 1 heterocycles. The van der Waals surface area contributed by atoms with Crippen LogP contribution in [0.15, 0.2) is 60.7 Å². The minimum absolute atomic E-state index is 0.417. The second kappa shape index (κ2) is 11.1. The monoisotopic (exact) mass is 502 g/mol. The molecule has 0 bridgehead atoms. The third-order valence-electron chi connectivity index (χ3n) is 5.84. The van der Waals surface area contributed by atoms with E-state index in [-0.39, 0.29) is 0 Å². The van der Waals surface area contributed by atoms with Gasteiger partial charge in [-0.2, -0.15) is 0 Å². The Hall–Kier alpha value is -2.54. The third kappa shape index (κ3) is 5.52. The molecule has 3 rings (SSSR count). The van der Waals surface area contributed by atoms with Crippen molar-refractivity contribution in [2.24, 2.45) is 0 Å². The minimum atomic E-state index is -2.80. The molecule has 33 heavy (non-hydrogen) atoms. The van der Waals surface area contributed by atoms with Crippen molar-refractivity contribution in [2.45, 2.75) is 52.2 Å². The maximum Gasteiger partial charge on any atom is 0.363 e. The zero-order chi connectivity index (χ0) is 24.0. The number of esters is 2. The van der Waals surface area contributed by atoms with E-state index in [9.17, 15) is 14.4 Å². The molecule has 0 amide bonds. The zero-order valence-corrected chi connectivity index (χ0v) is 22.7. The van der Waals surface area contributed by atoms with E-state index in [0.29, 0.717) is 0 Å². The lowest BCUT2D eigenvalue weighted by atomic mass is 10.4. The molecule has 10 heteroatoms. The fourth-order valence-electron chi connectivity index (χ4n) is 4.86. The molecule has 1 aliphatic heterocycles. The molecule has 2 aromatic carbocycles. The van der Waals surface area contributed by atoms with Crippen LogP contribution in [0.1, 0.15) is 34.1 Å². The Morgan fingerprint density at radius 2 is 1.45 bits per heavy atom. The molecular weight excluding hydrogens is 473 g/mol. The summed E-state index contributed by atoms with van der Waals surface area (Å²) in [6.45, 7) is 6.12. The van der Waals surface area contributed by atoms with Gasteiger partial charge < -0.3 is 18.3 Å². The van der Waals surface area contributed by atoms with E-state index >= 15 is 0 Å². The second-order valence-corrected chi connectivity index (χ2v) is 25.4. The van der Waals surface area contributed by atoms with Gasteiger partial charge in [0, 0.05) is 20.8 Å².